The number of likely N-dealkylation sites (N-methyl/N-ethyl adjacent to an activating group) is 2. The van der Waals surface area contributed by atoms with E-state index < -0.39 is 23.1 Å². The molecule has 0 heterocycles. The van der Waals surface area contributed by atoms with E-state index in [0.717, 1.165) is 32.1 Å². The third-order valence-corrected chi connectivity index (χ3v) is 5.71. The average Bonchev–Trinajstić information content (AvgIpc) is 2.89. The van der Waals surface area contributed by atoms with E-state index in [9.17, 15) is 29.4 Å². The molecule has 0 fully saturated rings. The first-order valence-electron chi connectivity index (χ1n) is 12.2. The summed E-state index contributed by atoms with van der Waals surface area (Å²) in [5.74, 6) is -3.08. The largest absolute Gasteiger partial charge is 0.496 e. The third-order valence-electron chi connectivity index (χ3n) is 5.71. The standard InChI is InChI=1S/C27H38N2O9/c1-6-23(30)28(3)17-20(18-29(4)24(31)7-2)38-14-12-10-8-9-11-13-37-19-15-21(26(32)33)25(27(34)35)22(16-19)36-5/h6-7,15-16,20H,1-2,8-14,17-18H2,3-5H3,(H,32,33)(H,34,35). The van der Waals surface area contributed by atoms with Crippen molar-refractivity contribution in [2.45, 2.75) is 38.2 Å². The Kier molecular flexibility index (Phi) is 14.2. The topological polar surface area (TPSA) is 143 Å². The van der Waals surface area contributed by atoms with Crippen LogP contribution < -0.4 is 9.47 Å². The lowest BCUT2D eigenvalue weighted by atomic mass is 10.1. The Morgan fingerprint density at radius 3 is 1.87 bits per heavy atom. The molecule has 0 bridgehead atoms. The first kappa shape index (κ1) is 32.2. The van der Waals surface area contributed by atoms with Gasteiger partial charge in [-0.1, -0.05) is 32.4 Å². The van der Waals surface area contributed by atoms with Gasteiger partial charge in [0.1, 0.15) is 17.1 Å². The molecule has 0 aliphatic rings. The summed E-state index contributed by atoms with van der Waals surface area (Å²) in [6.07, 6.45) is 6.31. The Hall–Kier alpha value is -3.86. The van der Waals surface area contributed by atoms with Gasteiger partial charge in [0.25, 0.3) is 0 Å². The molecule has 38 heavy (non-hydrogen) atoms. The number of hydrogen-bond acceptors (Lipinski definition) is 7. The molecule has 0 spiro atoms. The second-order valence-electron chi connectivity index (χ2n) is 8.61. The minimum absolute atomic E-state index is 0.0780. The fourth-order valence-electron chi connectivity index (χ4n) is 3.66. The SMILES string of the molecule is C=CC(=O)N(C)CC(CN(C)C(=O)C=C)OCCCCCCCOc1cc(OC)c(C(=O)O)c(C(=O)O)c1. The van der Waals surface area contributed by atoms with Gasteiger partial charge in [-0.2, -0.15) is 0 Å². The number of aromatic carboxylic acids is 2. The summed E-state index contributed by atoms with van der Waals surface area (Å²) in [7, 11) is 4.56. The lowest BCUT2D eigenvalue weighted by Gasteiger charge is -2.27. The number of benzene rings is 1. The Morgan fingerprint density at radius 1 is 0.868 bits per heavy atom. The maximum atomic E-state index is 11.8. The van der Waals surface area contributed by atoms with Gasteiger partial charge in [-0.25, -0.2) is 9.59 Å². The van der Waals surface area contributed by atoms with Crippen LogP contribution in [0.5, 0.6) is 11.5 Å². The van der Waals surface area contributed by atoms with Crippen molar-refractivity contribution in [2.24, 2.45) is 0 Å². The number of unbranched alkanes of at least 4 members (excludes halogenated alkanes) is 4. The number of carboxylic acids is 2. The Morgan fingerprint density at radius 2 is 1.39 bits per heavy atom. The van der Waals surface area contributed by atoms with E-state index in [1.54, 1.807) is 14.1 Å². The molecular formula is C27H38N2O9. The monoisotopic (exact) mass is 534 g/mol. The molecule has 0 saturated carbocycles. The zero-order valence-corrected chi connectivity index (χ0v) is 22.3. The van der Waals surface area contributed by atoms with Gasteiger partial charge in [0.2, 0.25) is 11.8 Å². The van der Waals surface area contributed by atoms with Gasteiger partial charge in [0, 0.05) is 39.9 Å². The van der Waals surface area contributed by atoms with E-state index in [-0.39, 0.29) is 29.4 Å². The van der Waals surface area contributed by atoms with Crippen LogP contribution in [0.25, 0.3) is 0 Å². The first-order chi connectivity index (χ1) is 18.0. The summed E-state index contributed by atoms with van der Waals surface area (Å²) >= 11 is 0. The Bertz CT molecular complexity index is 965. The number of carboxylic acid groups (broad SMARTS) is 2. The summed E-state index contributed by atoms with van der Waals surface area (Å²) in [5.41, 5.74) is -0.819. The molecule has 0 unspecified atom stereocenters. The van der Waals surface area contributed by atoms with Crippen LogP contribution in [-0.2, 0) is 14.3 Å². The highest BCUT2D eigenvalue weighted by Gasteiger charge is 2.23. The van der Waals surface area contributed by atoms with E-state index in [0.29, 0.717) is 26.3 Å². The number of carbonyl (C=O) groups is 4. The van der Waals surface area contributed by atoms with E-state index in [1.165, 1.54) is 41.2 Å². The van der Waals surface area contributed by atoms with Crippen molar-refractivity contribution in [3.8, 4) is 11.5 Å². The van der Waals surface area contributed by atoms with Crippen molar-refractivity contribution >= 4 is 23.8 Å². The van der Waals surface area contributed by atoms with Crippen molar-refractivity contribution in [1.29, 1.82) is 0 Å². The quantitative estimate of drug-likeness (QED) is 0.202. The normalized spacial score (nSPS) is 10.5. The average molecular weight is 535 g/mol. The van der Waals surface area contributed by atoms with Crippen LogP contribution in [0.1, 0.15) is 52.8 Å². The molecule has 0 atom stereocenters. The van der Waals surface area contributed by atoms with Crippen LogP contribution in [0, 0.1) is 0 Å². The van der Waals surface area contributed by atoms with Gasteiger partial charge in [0.15, 0.2) is 0 Å². The van der Waals surface area contributed by atoms with Crippen LogP contribution in [0.2, 0.25) is 0 Å². The van der Waals surface area contributed by atoms with Crippen molar-refractivity contribution in [1.82, 2.24) is 9.80 Å². The van der Waals surface area contributed by atoms with Crippen molar-refractivity contribution < 1.29 is 43.6 Å². The molecule has 0 aliphatic carbocycles. The molecule has 2 N–H and O–H groups in total. The summed E-state index contributed by atoms with van der Waals surface area (Å²) in [4.78, 5) is 49.5. The molecule has 11 heteroatoms. The number of rotatable bonds is 19. The predicted molar refractivity (Wildman–Crippen MR) is 141 cm³/mol. The van der Waals surface area contributed by atoms with Gasteiger partial charge in [-0.15, -0.1) is 0 Å². The van der Waals surface area contributed by atoms with Crippen molar-refractivity contribution in [3.05, 3.63) is 48.6 Å². The minimum atomic E-state index is -1.39. The van der Waals surface area contributed by atoms with Crippen LogP contribution in [-0.4, -0.2) is 97.4 Å². The minimum Gasteiger partial charge on any atom is -0.496 e. The molecule has 0 radical (unpaired) electrons. The smallest absolute Gasteiger partial charge is 0.340 e. The summed E-state index contributed by atoms with van der Waals surface area (Å²) in [6.45, 7) is 8.41. The second-order valence-corrected chi connectivity index (χ2v) is 8.61. The number of carbonyl (C=O) groups excluding carboxylic acids is 2. The highest BCUT2D eigenvalue weighted by molar-refractivity contribution is 6.04. The van der Waals surface area contributed by atoms with Gasteiger partial charge in [-0.3, -0.25) is 9.59 Å². The van der Waals surface area contributed by atoms with E-state index in [4.69, 9.17) is 14.2 Å². The molecule has 0 aliphatic heterocycles. The first-order valence-corrected chi connectivity index (χ1v) is 12.2. The highest BCUT2D eigenvalue weighted by Crippen LogP contribution is 2.29. The molecule has 1 aromatic carbocycles. The molecule has 1 aromatic rings. The number of hydrogen-bond donors (Lipinski definition) is 2. The maximum Gasteiger partial charge on any atom is 0.340 e. The van der Waals surface area contributed by atoms with Gasteiger partial charge >= 0.3 is 11.9 Å². The van der Waals surface area contributed by atoms with Crippen molar-refractivity contribution in [3.63, 3.8) is 0 Å². The number of methoxy groups -OCH3 is 1. The Balaban J connectivity index is 2.45. The fourth-order valence-corrected chi connectivity index (χ4v) is 3.66. The van der Waals surface area contributed by atoms with Crippen LogP contribution in [0.4, 0.5) is 0 Å². The Labute approximate surface area is 223 Å². The van der Waals surface area contributed by atoms with E-state index >= 15 is 0 Å². The zero-order chi connectivity index (χ0) is 28.7. The molecule has 0 aromatic heterocycles. The van der Waals surface area contributed by atoms with Gasteiger partial charge < -0.3 is 34.2 Å². The van der Waals surface area contributed by atoms with E-state index in [2.05, 4.69) is 13.2 Å². The van der Waals surface area contributed by atoms with Gasteiger partial charge in [0.05, 0.1) is 25.4 Å². The predicted octanol–water partition coefficient (Wildman–Crippen LogP) is 3.09. The van der Waals surface area contributed by atoms with Crippen molar-refractivity contribution in [2.75, 3.05) is 47.5 Å². The lowest BCUT2D eigenvalue weighted by molar-refractivity contribution is -0.129. The number of amides is 2. The lowest BCUT2D eigenvalue weighted by Crippen LogP contribution is -2.42. The molecule has 210 valence electrons. The number of ether oxygens (including phenoxy) is 3. The maximum absolute atomic E-state index is 11.8. The zero-order valence-electron chi connectivity index (χ0n) is 22.3. The molecular weight excluding hydrogens is 496 g/mol. The summed E-state index contributed by atoms with van der Waals surface area (Å²) in [5, 5.41) is 18.6. The highest BCUT2D eigenvalue weighted by atomic mass is 16.5. The number of nitrogens with zero attached hydrogens (tertiary/aromatic N) is 2. The summed E-state index contributed by atoms with van der Waals surface area (Å²) < 4.78 is 16.6. The van der Waals surface area contributed by atoms with Gasteiger partial charge in [-0.05, 0) is 31.1 Å². The van der Waals surface area contributed by atoms with Crippen LogP contribution >= 0.6 is 0 Å². The van der Waals surface area contributed by atoms with E-state index in [1.807, 2.05) is 0 Å². The molecule has 0 saturated heterocycles. The van der Waals surface area contributed by atoms with Crippen LogP contribution in [0.3, 0.4) is 0 Å². The molecule has 11 nitrogen and oxygen atoms in total. The second kappa shape index (κ2) is 16.8. The third kappa shape index (κ3) is 10.6. The van der Waals surface area contributed by atoms with Crippen LogP contribution in [0.15, 0.2) is 37.4 Å². The summed E-state index contributed by atoms with van der Waals surface area (Å²) in [6, 6.07) is 2.55. The molecule has 2 amide bonds. The molecule has 1 rings (SSSR count). The fraction of sp³-hybridized carbons (Fsp3) is 0.481.